The van der Waals surface area contributed by atoms with Crippen molar-refractivity contribution in [1.82, 2.24) is 9.97 Å². The summed E-state index contributed by atoms with van der Waals surface area (Å²) < 4.78 is 4.61. The molecule has 1 atom stereocenters. The molecule has 1 heterocycles. The molecule has 0 spiro atoms. The molecular formula is C10H15N3O2. The monoisotopic (exact) mass is 209 g/mol. The number of ether oxygens (including phenoxy) is 1. The zero-order valence-electron chi connectivity index (χ0n) is 8.93. The summed E-state index contributed by atoms with van der Waals surface area (Å²) in [5.41, 5.74) is 7.37. The third kappa shape index (κ3) is 2.99. The van der Waals surface area contributed by atoms with E-state index in [2.05, 4.69) is 14.7 Å². The Balaban J connectivity index is 2.83. The molecule has 0 aliphatic rings. The van der Waals surface area contributed by atoms with Crippen LogP contribution in [0.3, 0.4) is 0 Å². The van der Waals surface area contributed by atoms with Gasteiger partial charge in [0.2, 0.25) is 0 Å². The van der Waals surface area contributed by atoms with Gasteiger partial charge < -0.3 is 10.5 Å². The summed E-state index contributed by atoms with van der Waals surface area (Å²) in [6.45, 7) is 2.25. The van der Waals surface area contributed by atoms with Gasteiger partial charge in [-0.2, -0.15) is 0 Å². The molecule has 0 aliphatic heterocycles. The molecular weight excluding hydrogens is 194 g/mol. The molecule has 0 aliphatic carbocycles. The Labute approximate surface area is 88.7 Å². The standard InChI is InChI=1S/C10H15N3O2/c1-7-9(5-12-6-13-7)8(4-11)3-10(14)15-2/h5-6,8H,3-4,11H2,1-2H3. The smallest absolute Gasteiger partial charge is 0.306 e. The van der Waals surface area contributed by atoms with Gasteiger partial charge >= 0.3 is 5.97 Å². The highest BCUT2D eigenvalue weighted by Crippen LogP contribution is 2.20. The minimum absolute atomic E-state index is 0.0707. The Morgan fingerprint density at radius 2 is 2.40 bits per heavy atom. The minimum atomic E-state index is -0.270. The number of hydrogen-bond donors (Lipinski definition) is 1. The number of aryl methyl sites for hydroxylation is 1. The summed E-state index contributed by atoms with van der Waals surface area (Å²) in [5, 5.41) is 0. The predicted molar refractivity (Wildman–Crippen MR) is 55.2 cm³/mol. The number of nitrogens with two attached hydrogens (primary N) is 1. The molecule has 0 bridgehead atoms. The predicted octanol–water partition coefficient (Wildman–Crippen LogP) is 0.390. The van der Waals surface area contributed by atoms with Gasteiger partial charge in [-0.05, 0) is 19.0 Å². The number of aromatic nitrogens is 2. The highest BCUT2D eigenvalue weighted by atomic mass is 16.5. The number of methoxy groups -OCH3 is 1. The molecule has 0 saturated heterocycles. The summed E-state index contributed by atoms with van der Waals surface area (Å²) in [7, 11) is 1.37. The summed E-state index contributed by atoms with van der Waals surface area (Å²) in [5.74, 6) is -0.340. The number of carbonyl (C=O) groups is 1. The molecule has 0 aromatic carbocycles. The van der Waals surface area contributed by atoms with Gasteiger partial charge in [-0.25, -0.2) is 9.97 Å². The van der Waals surface area contributed by atoms with Crippen LogP contribution in [-0.4, -0.2) is 29.6 Å². The van der Waals surface area contributed by atoms with Crippen LogP contribution in [0.2, 0.25) is 0 Å². The van der Waals surface area contributed by atoms with Crippen LogP contribution in [0.25, 0.3) is 0 Å². The molecule has 0 saturated carbocycles. The second kappa shape index (κ2) is 5.41. The Kier molecular flexibility index (Phi) is 4.17. The van der Waals surface area contributed by atoms with E-state index in [4.69, 9.17) is 5.73 Å². The fourth-order valence-corrected chi connectivity index (χ4v) is 1.41. The second-order valence-corrected chi connectivity index (χ2v) is 3.28. The van der Waals surface area contributed by atoms with Gasteiger partial charge in [-0.1, -0.05) is 0 Å². The van der Waals surface area contributed by atoms with Gasteiger partial charge in [0.1, 0.15) is 6.33 Å². The lowest BCUT2D eigenvalue weighted by Crippen LogP contribution is -2.18. The highest BCUT2D eigenvalue weighted by Gasteiger charge is 2.17. The van der Waals surface area contributed by atoms with Gasteiger partial charge in [0.15, 0.2) is 0 Å². The van der Waals surface area contributed by atoms with Crippen molar-refractivity contribution in [3.8, 4) is 0 Å². The molecule has 5 heteroatoms. The molecule has 1 unspecified atom stereocenters. The van der Waals surface area contributed by atoms with Crippen LogP contribution in [0.4, 0.5) is 0 Å². The van der Waals surface area contributed by atoms with E-state index >= 15 is 0 Å². The minimum Gasteiger partial charge on any atom is -0.469 e. The maximum atomic E-state index is 11.1. The van der Waals surface area contributed by atoms with E-state index < -0.39 is 0 Å². The van der Waals surface area contributed by atoms with E-state index in [-0.39, 0.29) is 18.3 Å². The van der Waals surface area contributed by atoms with Gasteiger partial charge in [0.05, 0.1) is 13.5 Å². The maximum absolute atomic E-state index is 11.1. The number of hydrogen-bond acceptors (Lipinski definition) is 5. The molecule has 1 rings (SSSR count). The van der Waals surface area contributed by atoms with Crippen LogP contribution in [0.1, 0.15) is 23.6 Å². The summed E-state index contributed by atoms with van der Waals surface area (Å²) in [6.07, 6.45) is 3.44. The van der Waals surface area contributed by atoms with Crippen molar-refractivity contribution in [3.05, 3.63) is 23.8 Å². The average molecular weight is 209 g/mol. The molecule has 5 nitrogen and oxygen atoms in total. The first-order chi connectivity index (χ1) is 7.19. The van der Waals surface area contributed by atoms with E-state index in [0.717, 1.165) is 11.3 Å². The van der Waals surface area contributed by atoms with E-state index in [0.29, 0.717) is 6.54 Å². The molecule has 15 heavy (non-hydrogen) atoms. The normalized spacial score (nSPS) is 12.2. The van der Waals surface area contributed by atoms with Crippen molar-refractivity contribution in [3.63, 3.8) is 0 Å². The third-order valence-electron chi connectivity index (χ3n) is 2.31. The Hall–Kier alpha value is -1.49. The zero-order valence-corrected chi connectivity index (χ0v) is 8.93. The number of rotatable bonds is 4. The lowest BCUT2D eigenvalue weighted by atomic mass is 9.96. The molecule has 0 fully saturated rings. The maximum Gasteiger partial charge on any atom is 0.306 e. The van der Waals surface area contributed by atoms with Crippen molar-refractivity contribution in [1.29, 1.82) is 0 Å². The Morgan fingerprint density at radius 1 is 1.67 bits per heavy atom. The van der Waals surface area contributed by atoms with Crippen LogP contribution in [0.5, 0.6) is 0 Å². The van der Waals surface area contributed by atoms with E-state index in [1.165, 1.54) is 13.4 Å². The summed E-state index contributed by atoms with van der Waals surface area (Å²) in [6, 6.07) is 0. The van der Waals surface area contributed by atoms with Crippen molar-refractivity contribution in [2.24, 2.45) is 5.73 Å². The molecule has 2 N–H and O–H groups in total. The van der Waals surface area contributed by atoms with E-state index in [1.807, 2.05) is 6.92 Å². The Morgan fingerprint density at radius 3 is 2.93 bits per heavy atom. The van der Waals surface area contributed by atoms with Gasteiger partial charge in [-0.15, -0.1) is 0 Å². The number of esters is 1. The quantitative estimate of drug-likeness (QED) is 0.726. The topological polar surface area (TPSA) is 78.1 Å². The SMILES string of the molecule is COC(=O)CC(CN)c1cncnc1C. The lowest BCUT2D eigenvalue weighted by Gasteiger charge is -2.14. The second-order valence-electron chi connectivity index (χ2n) is 3.28. The van der Waals surface area contributed by atoms with Crippen molar-refractivity contribution >= 4 is 5.97 Å². The van der Waals surface area contributed by atoms with Gasteiger partial charge in [0, 0.05) is 17.8 Å². The van der Waals surface area contributed by atoms with Crippen LogP contribution in [0.15, 0.2) is 12.5 Å². The first-order valence-corrected chi connectivity index (χ1v) is 4.72. The zero-order chi connectivity index (χ0) is 11.3. The molecule has 1 aromatic rings. The van der Waals surface area contributed by atoms with Crippen LogP contribution >= 0.6 is 0 Å². The van der Waals surface area contributed by atoms with E-state index in [1.54, 1.807) is 6.20 Å². The highest BCUT2D eigenvalue weighted by molar-refractivity contribution is 5.70. The first kappa shape index (κ1) is 11.6. The number of carbonyl (C=O) groups excluding carboxylic acids is 1. The number of nitrogens with zero attached hydrogens (tertiary/aromatic N) is 2. The van der Waals surface area contributed by atoms with Crippen molar-refractivity contribution < 1.29 is 9.53 Å². The molecule has 82 valence electrons. The fraction of sp³-hybridized carbons (Fsp3) is 0.500. The summed E-state index contributed by atoms with van der Waals surface area (Å²) in [4.78, 5) is 19.1. The summed E-state index contributed by atoms with van der Waals surface area (Å²) >= 11 is 0. The van der Waals surface area contributed by atoms with E-state index in [9.17, 15) is 4.79 Å². The largest absolute Gasteiger partial charge is 0.469 e. The van der Waals surface area contributed by atoms with Crippen molar-refractivity contribution in [2.45, 2.75) is 19.3 Å². The molecule has 0 amide bonds. The lowest BCUT2D eigenvalue weighted by molar-refractivity contribution is -0.141. The first-order valence-electron chi connectivity index (χ1n) is 4.72. The third-order valence-corrected chi connectivity index (χ3v) is 2.31. The van der Waals surface area contributed by atoms with Crippen molar-refractivity contribution in [2.75, 3.05) is 13.7 Å². The van der Waals surface area contributed by atoms with Gasteiger partial charge in [0.25, 0.3) is 0 Å². The van der Waals surface area contributed by atoms with Crippen LogP contribution in [0, 0.1) is 6.92 Å². The van der Waals surface area contributed by atoms with Crippen LogP contribution in [-0.2, 0) is 9.53 Å². The fourth-order valence-electron chi connectivity index (χ4n) is 1.41. The average Bonchev–Trinajstić information content (AvgIpc) is 2.26. The van der Waals surface area contributed by atoms with Crippen LogP contribution < -0.4 is 5.73 Å². The Bertz CT molecular complexity index is 341. The molecule has 0 radical (unpaired) electrons. The van der Waals surface area contributed by atoms with Gasteiger partial charge in [-0.3, -0.25) is 4.79 Å². The molecule has 1 aromatic heterocycles.